The number of carbonyl (C=O) groups excluding carboxylic acids is 3. The van der Waals surface area contributed by atoms with E-state index in [2.05, 4.69) is 10.6 Å². The normalized spacial score (nSPS) is 11.1. The second-order valence-electron chi connectivity index (χ2n) is 7.31. The maximum absolute atomic E-state index is 12.6. The van der Waals surface area contributed by atoms with E-state index in [0.717, 1.165) is 0 Å². The minimum Gasteiger partial charge on any atom is -0.427 e. The summed E-state index contributed by atoms with van der Waals surface area (Å²) >= 11 is 0. The van der Waals surface area contributed by atoms with Crippen LogP contribution < -0.4 is 15.4 Å². The zero-order chi connectivity index (χ0) is 20.7. The van der Waals surface area contributed by atoms with Crippen LogP contribution in [0.5, 0.6) is 5.75 Å². The van der Waals surface area contributed by atoms with Crippen molar-refractivity contribution in [2.45, 2.75) is 27.7 Å². The molecule has 0 fully saturated rings. The lowest BCUT2D eigenvalue weighted by Gasteiger charge is -2.13. The second-order valence-corrected chi connectivity index (χ2v) is 7.31. The second kappa shape index (κ2) is 8.99. The third kappa shape index (κ3) is 6.72. The molecular weight excluding hydrogens is 356 g/mol. The molecule has 6 heteroatoms. The molecule has 0 spiro atoms. The van der Waals surface area contributed by atoms with Gasteiger partial charge in [-0.3, -0.25) is 14.4 Å². The first-order valence-electron chi connectivity index (χ1n) is 8.83. The Morgan fingerprint density at radius 1 is 0.929 bits per heavy atom. The maximum Gasteiger partial charge on any atom is 0.308 e. The zero-order valence-electron chi connectivity index (χ0n) is 16.4. The lowest BCUT2D eigenvalue weighted by molar-refractivity contribution is -0.131. The van der Waals surface area contributed by atoms with Crippen LogP contribution in [0.15, 0.2) is 60.7 Å². The van der Waals surface area contributed by atoms with Crippen LogP contribution >= 0.6 is 0 Å². The van der Waals surface area contributed by atoms with Gasteiger partial charge in [-0.2, -0.15) is 0 Å². The number of anilines is 2. The summed E-state index contributed by atoms with van der Waals surface area (Å²) in [5.74, 6) is -0.850. The Balaban J connectivity index is 2.15. The summed E-state index contributed by atoms with van der Waals surface area (Å²) < 4.78 is 5.00. The van der Waals surface area contributed by atoms with E-state index in [-0.39, 0.29) is 23.0 Å². The molecule has 0 aliphatic carbocycles. The van der Waals surface area contributed by atoms with E-state index in [1.807, 2.05) is 26.8 Å². The third-order valence-electron chi connectivity index (χ3n) is 3.53. The van der Waals surface area contributed by atoms with Crippen molar-refractivity contribution < 1.29 is 19.1 Å². The smallest absolute Gasteiger partial charge is 0.308 e. The first kappa shape index (κ1) is 20.9. The summed E-state index contributed by atoms with van der Waals surface area (Å²) in [4.78, 5) is 35.8. The van der Waals surface area contributed by atoms with Crippen molar-refractivity contribution in [3.05, 3.63) is 66.2 Å². The Hall–Kier alpha value is -3.41. The van der Waals surface area contributed by atoms with E-state index in [9.17, 15) is 14.4 Å². The molecule has 0 saturated carbocycles. The number of hydrogen-bond acceptors (Lipinski definition) is 4. The molecule has 0 aromatic heterocycles. The number of amides is 2. The summed E-state index contributed by atoms with van der Waals surface area (Å²) in [6.07, 6.45) is 3.28. The quantitative estimate of drug-likeness (QED) is 0.457. The third-order valence-corrected chi connectivity index (χ3v) is 3.53. The highest BCUT2D eigenvalue weighted by atomic mass is 16.5. The number of allylic oxidation sites excluding steroid dienone is 1. The molecule has 0 heterocycles. The highest BCUT2D eigenvalue weighted by molar-refractivity contribution is 6.08. The summed E-state index contributed by atoms with van der Waals surface area (Å²) in [5, 5.41) is 5.53. The van der Waals surface area contributed by atoms with Crippen molar-refractivity contribution in [1.29, 1.82) is 0 Å². The van der Waals surface area contributed by atoms with Gasteiger partial charge in [0.05, 0.1) is 11.4 Å². The molecule has 2 amide bonds. The first-order chi connectivity index (χ1) is 13.1. The predicted octanol–water partition coefficient (Wildman–Crippen LogP) is 4.41. The molecule has 28 heavy (non-hydrogen) atoms. The van der Waals surface area contributed by atoms with Gasteiger partial charge in [-0.25, -0.2) is 0 Å². The van der Waals surface area contributed by atoms with Gasteiger partial charge < -0.3 is 15.4 Å². The number of para-hydroxylation sites is 2. The summed E-state index contributed by atoms with van der Waals surface area (Å²) in [5.41, 5.74) is 1.16. The molecule has 146 valence electrons. The monoisotopic (exact) mass is 380 g/mol. The number of carbonyl (C=O) groups is 3. The van der Waals surface area contributed by atoms with Crippen LogP contribution in [-0.4, -0.2) is 17.8 Å². The van der Waals surface area contributed by atoms with Crippen molar-refractivity contribution in [3.8, 4) is 5.75 Å². The number of nitrogens with one attached hydrogen (secondary N) is 2. The molecule has 0 unspecified atom stereocenters. The molecule has 0 atom stereocenters. The van der Waals surface area contributed by atoms with Gasteiger partial charge in [0, 0.05) is 12.5 Å². The molecule has 2 aromatic rings. The van der Waals surface area contributed by atoms with Crippen LogP contribution in [0, 0.1) is 5.41 Å². The van der Waals surface area contributed by atoms with Gasteiger partial charge in [0.1, 0.15) is 5.75 Å². The molecule has 0 saturated heterocycles. The number of benzene rings is 2. The van der Waals surface area contributed by atoms with E-state index in [1.54, 1.807) is 42.5 Å². The van der Waals surface area contributed by atoms with Gasteiger partial charge in [0.15, 0.2) is 0 Å². The van der Waals surface area contributed by atoms with Crippen LogP contribution in [0.2, 0.25) is 0 Å². The van der Waals surface area contributed by atoms with E-state index in [0.29, 0.717) is 16.9 Å². The highest BCUT2D eigenvalue weighted by Gasteiger charge is 2.12. The van der Waals surface area contributed by atoms with Crippen molar-refractivity contribution in [2.75, 3.05) is 10.6 Å². The maximum atomic E-state index is 12.6. The topological polar surface area (TPSA) is 84.5 Å². The average Bonchev–Trinajstić information content (AvgIpc) is 2.61. The van der Waals surface area contributed by atoms with E-state index < -0.39 is 5.97 Å². The van der Waals surface area contributed by atoms with Crippen LogP contribution in [0.1, 0.15) is 38.1 Å². The van der Waals surface area contributed by atoms with Gasteiger partial charge >= 0.3 is 5.97 Å². The molecule has 0 aliphatic rings. The molecule has 0 bridgehead atoms. The molecule has 6 nitrogen and oxygen atoms in total. The van der Waals surface area contributed by atoms with Gasteiger partial charge in [0.2, 0.25) is 5.91 Å². The van der Waals surface area contributed by atoms with E-state index in [4.69, 9.17) is 4.74 Å². The average molecular weight is 380 g/mol. The Kier molecular flexibility index (Phi) is 6.71. The van der Waals surface area contributed by atoms with Crippen molar-refractivity contribution in [2.24, 2.45) is 5.41 Å². The number of rotatable bonds is 5. The standard InChI is InChI=1S/C22H24N2O4/c1-15(25)28-17-9-7-8-16(14-17)21(27)24-19-11-6-5-10-18(19)23-20(26)12-13-22(2,3)4/h5-14H,1-4H3,(H,23,26)(H,24,27)/b13-12+. The molecule has 2 N–H and O–H groups in total. The van der Waals surface area contributed by atoms with Crippen molar-refractivity contribution in [1.82, 2.24) is 0 Å². The van der Waals surface area contributed by atoms with Gasteiger partial charge in [-0.05, 0) is 41.8 Å². The molecule has 2 rings (SSSR count). The fraction of sp³-hybridized carbons (Fsp3) is 0.227. The number of esters is 1. The van der Waals surface area contributed by atoms with Gasteiger partial charge in [0.25, 0.3) is 5.91 Å². The lowest BCUT2D eigenvalue weighted by Crippen LogP contribution is -2.16. The molecule has 2 aromatic carbocycles. The fourth-order valence-electron chi connectivity index (χ4n) is 2.26. The van der Waals surface area contributed by atoms with Crippen LogP contribution in [-0.2, 0) is 9.59 Å². The lowest BCUT2D eigenvalue weighted by atomic mass is 9.96. The predicted molar refractivity (Wildman–Crippen MR) is 109 cm³/mol. The minimum absolute atomic E-state index is 0.113. The Morgan fingerprint density at radius 3 is 2.18 bits per heavy atom. The van der Waals surface area contributed by atoms with Crippen LogP contribution in [0.3, 0.4) is 0 Å². The summed E-state index contributed by atoms with van der Waals surface area (Å²) in [7, 11) is 0. The molecule has 0 aliphatic heterocycles. The fourth-order valence-corrected chi connectivity index (χ4v) is 2.26. The summed E-state index contributed by atoms with van der Waals surface area (Å²) in [6.45, 7) is 7.28. The SMILES string of the molecule is CC(=O)Oc1cccc(C(=O)Nc2ccccc2NC(=O)/C=C/C(C)(C)C)c1. The van der Waals surface area contributed by atoms with Crippen LogP contribution in [0.4, 0.5) is 11.4 Å². The number of hydrogen-bond donors (Lipinski definition) is 2. The van der Waals surface area contributed by atoms with Gasteiger partial charge in [-0.1, -0.05) is 45.0 Å². The molecular formula is C22H24N2O4. The summed E-state index contributed by atoms with van der Waals surface area (Å²) in [6, 6.07) is 13.2. The van der Waals surface area contributed by atoms with Crippen molar-refractivity contribution in [3.63, 3.8) is 0 Å². The minimum atomic E-state index is -0.464. The van der Waals surface area contributed by atoms with E-state index >= 15 is 0 Å². The zero-order valence-corrected chi connectivity index (χ0v) is 16.4. The molecule has 0 radical (unpaired) electrons. The largest absolute Gasteiger partial charge is 0.427 e. The number of ether oxygens (including phenoxy) is 1. The highest BCUT2D eigenvalue weighted by Crippen LogP contribution is 2.23. The van der Waals surface area contributed by atoms with Gasteiger partial charge in [-0.15, -0.1) is 0 Å². The Bertz CT molecular complexity index is 911. The van der Waals surface area contributed by atoms with Crippen LogP contribution in [0.25, 0.3) is 0 Å². The van der Waals surface area contributed by atoms with E-state index in [1.165, 1.54) is 19.1 Å². The van der Waals surface area contributed by atoms with Crippen molar-refractivity contribution >= 4 is 29.2 Å². The Morgan fingerprint density at radius 2 is 1.57 bits per heavy atom. The first-order valence-corrected chi connectivity index (χ1v) is 8.83. The Labute approximate surface area is 164 Å².